The zero-order valence-corrected chi connectivity index (χ0v) is 15.3. The SMILES string of the molecule is COC(=O)C1=C(C(=O)O)C(c2csc3ccccc23)C(C(C)=O)=C(C)N1. The number of carboxylic acids is 1. The molecule has 2 N–H and O–H groups in total. The van der Waals surface area contributed by atoms with E-state index in [1.165, 1.54) is 25.4 Å². The van der Waals surface area contributed by atoms with Crippen molar-refractivity contribution < 1.29 is 24.2 Å². The molecule has 0 amide bonds. The molecule has 2 aromatic rings. The molecule has 1 unspecified atom stereocenters. The van der Waals surface area contributed by atoms with Crippen LogP contribution in [0.2, 0.25) is 0 Å². The molecule has 0 aliphatic carbocycles. The van der Waals surface area contributed by atoms with Gasteiger partial charge in [0.15, 0.2) is 5.78 Å². The average Bonchev–Trinajstić information content (AvgIpc) is 3.03. The van der Waals surface area contributed by atoms with Gasteiger partial charge in [0.25, 0.3) is 0 Å². The van der Waals surface area contributed by atoms with E-state index in [2.05, 4.69) is 5.32 Å². The quantitative estimate of drug-likeness (QED) is 0.803. The average molecular weight is 371 g/mol. The van der Waals surface area contributed by atoms with Crippen molar-refractivity contribution >= 4 is 39.1 Å². The molecular weight excluding hydrogens is 354 g/mol. The first-order valence-corrected chi connectivity index (χ1v) is 8.75. The normalized spacial score (nSPS) is 17.3. The van der Waals surface area contributed by atoms with Crippen LogP contribution in [-0.2, 0) is 19.1 Å². The molecule has 1 aromatic heterocycles. The Morgan fingerprint density at radius 1 is 1.19 bits per heavy atom. The lowest BCUT2D eigenvalue weighted by Crippen LogP contribution is -2.34. The predicted molar refractivity (Wildman–Crippen MR) is 97.8 cm³/mol. The molecule has 26 heavy (non-hydrogen) atoms. The number of aliphatic carboxylic acids is 1. The number of carbonyl (C=O) groups excluding carboxylic acids is 2. The maximum Gasteiger partial charge on any atom is 0.355 e. The monoisotopic (exact) mass is 371 g/mol. The largest absolute Gasteiger partial charge is 0.478 e. The number of Topliss-reactive ketones (excluding diaryl/α,β-unsaturated/α-hetero) is 1. The molecule has 1 atom stereocenters. The van der Waals surface area contributed by atoms with Crippen LogP contribution in [0.25, 0.3) is 10.1 Å². The molecule has 1 aromatic carbocycles. The second kappa shape index (κ2) is 6.76. The van der Waals surface area contributed by atoms with E-state index < -0.39 is 17.9 Å². The number of dihydropyridines is 1. The Kier molecular flexibility index (Phi) is 4.65. The van der Waals surface area contributed by atoms with Gasteiger partial charge in [-0.25, -0.2) is 9.59 Å². The number of nitrogens with one attached hydrogen (secondary N) is 1. The number of ketones is 1. The van der Waals surface area contributed by atoms with Crippen LogP contribution >= 0.6 is 11.3 Å². The van der Waals surface area contributed by atoms with Crippen molar-refractivity contribution in [2.75, 3.05) is 7.11 Å². The first-order valence-electron chi connectivity index (χ1n) is 7.87. The summed E-state index contributed by atoms with van der Waals surface area (Å²) in [6, 6.07) is 7.56. The molecule has 0 spiro atoms. The van der Waals surface area contributed by atoms with Gasteiger partial charge in [-0.3, -0.25) is 4.79 Å². The van der Waals surface area contributed by atoms with Crippen LogP contribution in [0.4, 0.5) is 0 Å². The zero-order valence-electron chi connectivity index (χ0n) is 14.5. The minimum absolute atomic E-state index is 0.150. The highest BCUT2D eigenvalue weighted by Crippen LogP contribution is 2.43. The van der Waals surface area contributed by atoms with E-state index in [1.807, 2.05) is 29.6 Å². The molecule has 0 saturated heterocycles. The number of ether oxygens (including phenoxy) is 1. The molecule has 134 valence electrons. The fraction of sp³-hybridized carbons (Fsp3) is 0.211. The second-order valence-corrected chi connectivity index (χ2v) is 6.84. The summed E-state index contributed by atoms with van der Waals surface area (Å²) in [6.07, 6.45) is 0. The van der Waals surface area contributed by atoms with E-state index in [9.17, 15) is 19.5 Å². The Bertz CT molecular complexity index is 998. The number of hydrogen-bond acceptors (Lipinski definition) is 6. The van der Waals surface area contributed by atoms with E-state index >= 15 is 0 Å². The second-order valence-electron chi connectivity index (χ2n) is 5.93. The Labute approximate surface area is 153 Å². The first kappa shape index (κ1) is 17.9. The molecular formula is C19H17NO5S. The van der Waals surface area contributed by atoms with E-state index in [-0.39, 0.29) is 17.1 Å². The number of fused-ring (bicyclic) bond motifs is 1. The number of benzene rings is 1. The summed E-state index contributed by atoms with van der Waals surface area (Å²) in [7, 11) is 1.19. The Morgan fingerprint density at radius 2 is 1.88 bits per heavy atom. The van der Waals surface area contributed by atoms with Crippen LogP contribution in [0.15, 0.2) is 52.2 Å². The Morgan fingerprint density at radius 3 is 2.50 bits per heavy atom. The summed E-state index contributed by atoms with van der Waals surface area (Å²) in [5, 5.41) is 15.3. The maximum atomic E-state index is 12.3. The van der Waals surface area contributed by atoms with Gasteiger partial charge in [-0.2, -0.15) is 0 Å². The van der Waals surface area contributed by atoms with Gasteiger partial charge >= 0.3 is 11.9 Å². The van der Waals surface area contributed by atoms with Gasteiger partial charge < -0.3 is 15.2 Å². The molecule has 0 bridgehead atoms. The van der Waals surface area contributed by atoms with Crippen molar-refractivity contribution in [1.29, 1.82) is 0 Å². The van der Waals surface area contributed by atoms with Crippen LogP contribution in [0.3, 0.4) is 0 Å². The molecule has 0 saturated carbocycles. The van der Waals surface area contributed by atoms with E-state index in [4.69, 9.17) is 4.74 Å². The number of esters is 1. The van der Waals surface area contributed by atoms with Gasteiger partial charge in [0.2, 0.25) is 0 Å². The number of methoxy groups -OCH3 is 1. The van der Waals surface area contributed by atoms with Crippen LogP contribution < -0.4 is 5.32 Å². The van der Waals surface area contributed by atoms with Gasteiger partial charge in [0.05, 0.1) is 18.6 Å². The molecule has 7 heteroatoms. The third-order valence-corrected chi connectivity index (χ3v) is 5.37. The van der Waals surface area contributed by atoms with Crippen molar-refractivity contribution in [2.45, 2.75) is 19.8 Å². The summed E-state index contributed by atoms with van der Waals surface area (Å²) >= 11 is 1.47. The van der Waals surface area contributed by atoms with Crippen molar-refractivity contribution in [3.63, 3.8) is 0 Å². The summed E-state index contributed by atoms with van der Waals surface area (Å²) < 4.78 is 5.72. The summed E-state index contributed by atoms with van der Waals surface area (Å²) in [5.74, 6) is -3.16. The molecule has 1 aliphatic rings. The number of carbonyl (C=O) groups is 3. The topological polar surface area (TPSA) is 92.7 Å². The minimum atomic E-state index is -1.27. The third kappa shape index (κ3) is 2.80. The van der Waals surface area contributed by atoms with Crippen LogP contribution in [0.1, 0.15) is 25.3 Å². The zero-order chi connectivity index (χ0) is 19.0. The van der Waals surface area contributed by atoms with E-state index in [0.29, 0.717) is 16.8 Å². The van der Waals surface area contributed by atoms with Crippen LogP contribution in [-0.4, -0.2) is 29.9 Å². The fourth-order valence-corrected chi connectivity index (χ4v) is 4.31. The van der Waals surface area contributed by atoms with E-state index in [1.54, 1.807) is 6.92 Å². The smallest absolute Gasteiger partial charge is 0.355 e. The number of thiophene rings is 1. The number of hydrogen-bond donors (Lipinski definition) is 2. The highest BCUT2D eigenvalue weighted by molar-refractivity contribution is 7.17. The van der Waals surface area contributed by atoms with Crippen LogP contribution in [0.5, 0.6) is 0 Å². The minimum Gasteiger partial charge on any atom is -0.478 e. The van der Waals surface area contributed by atoms with Gasteiger partial charge in [0.1, 0.15) is 5.70 Å². The highest BCUT2D eigenvalue weighted by Gasteiger charge is 2.39. The predicted octanol–water partition coefficient (Wildman–Crippen LogP) is 2.96. The lowest BCUT2D eigenvalue weighted by Gasteiger charge is -2.29. The lowest BCUT2D eigenvalue weighted by atomic mass is 9.78. The van der Waals surface area contributed by atoms with Gasteiger partial charge in [0, 0.05) is 16.0 Å². The Balaban J connectivity index is 2.35. The third-order valence-electron chi connectivity index (χ3n) is 4.38. The maximum absolute atomic E-state index is 12.3. The molecule has 0 radical (unpaired) electrons. The van der Waals surface area contributed by atoms with Crippen LogP contribution in [0, 0.1) is 0 Å². The van der Waals surface area contributed by atoms with Crippen molar-refractivity contribution in [1.82, 2.24) is 5.32 Å². The van der Waals surface area contributed by atoms with Crippen molar-refractivity contribution in [2.24, 2.45) is 0 Å². The van der Waals surface area contributed by atoms with E-state index in [0.717, 1.165) is 10.1 Å². The van der Waals surface area contributed by atoms with Gasteiger partial charge in [-0.05, 0) is 36.2 Å². The molecule has 0 fully saturated rings. The first-order chi connectivity index (χ1) is 12.4. The van der Waals surface area contributed by atoms with Gasteiger partial charge in [-0.1, -0.05) is 18.2 Å². The number of carboxylic acid groups (broad SMARTS) is 1. The van der Waals surface area contributed by atoms with Crippen molar-refractivity contribution in [3.05, 3.63) is 57.7 Å². The summed E-state index contributed by atoms with van der Waals surface area (Å²) in [6.45, 7) is 3.05. The number of rotatable bonds is 4. The number of allylic oxidation sites excluding steroid dienone is 2. The van der Waals surface area contributed by atoms with Gasteiger partial charge in [-0.15, -0.1) is 11.3 Å². The fourth-order valence-electron chi connectivity index (χ4n) is 3.32. The van der Waals surface area contributed by atoms with Crippen molar-refractivity contribution in [3.8, 4) is 0 Å². The Hall–Kier alpha value is -2.93. The molecule has 3 rings (SSSR count). The highest BCUT2D eigenvalue weighted by atomic mass is 32.1. The summed E-state index contributed by atoms with van der Waals surface area (Å²) in [5.41, 5.74) is 1.14. The molecule has 2 heterocycles. The molecule has 1 aliphatic heterocycles. The summed E-state index contributed by atoms with van der Waals surface area (Å²) in [4.78, 5) is 36.6. The lowest BCUT2D eigenvalue weighted by molar-refractivity contribution is -0.138. The molecule has 6 nitrogen and oxygen atoms in total. The standard InChI is InChI=1S/C19H17NO5S/c1-9-14(10(2)21)15(12-8-26-13-7-5-4-6-11(12)13)16(18(22)23)17(20-9)19(24)25-3/h4-8,15,20H,1-3H3,(H,22,23).